The van der Waals surface area contributed by atoms with Crippen LogP contribution < -0.4 is 5.73 Å². The zero-order chi connectivity index (χ0) is 9.84. The third kappa shape index (κ3) is 2.11. The molecule has 1 atom stereocenters. The Kier molecular flexibility index (Phi) is 3.11. The third-order valence-corrected chi connectivity index (χ3v) is 1.65. The van der Waals surface area contributed by atoms with Gasteiger partial charge in [-0.2, -0.15) is 0 Å². The van der Waals surface area contributed by atoms with E-state index >= 15 is 0 Å². The van der Waals surface area contributed by atoms with Gasteiger partial charge in [-0.25, -0.2) is 4.39 Å². The molecule has 1 rings (SSSR count). The molecule has 2 N–H and O–H groups in total. The number of halogens is 1. The fourth-order valence-electron chi connectivity index (χ4n) is 0.921. The Morgan fingerprint density at radius 3 is 2.69 bits per heavy atom. The number of methoxy groups -OCH3 is 1. The van der Waals surface area contributed by atoms with Crippen molar-refractivity contribution < 1.29 is 13.9 Å². The molecule has 70 valence electrons. The minimum Gasteiger partial charge on any atom is -0.359 e. The second-order valence-electron chi connectivity index (χ2n) is 2.50. The van der Waals surface area contributed by atoms with Gasteiger partial charge in [0.05, 0.1) is 5.56 Å². The number of carbonyl (C=O) groups excluding carboxylic acids is 1. The number of ether oxygens (including phenoxy) is 1. The summed E-state index contributed by atoms with van der Waals surface area (Å²) < 4.78 is 17.6. The molecule has 0 saturated heterocycles. The van der Waals surface area contributed by atoms with E-state index in [4.69, 9.17) is 5.73 Å². The van der Waals surface area contributed by atoms with Gasteiger partial charge in [0.1, 0.15) is 5.82 Å². The molecule has 1 aromatic rings. The van der Waals surface area contributed by atoms with Gasteiger partial charge < -0.3 is 4.74 Å². The summed E-state index contributed by atoms with van der Waals surface area (Å²) in [4.78, 5) is 11.3. The summed E-state index contributed by atoms with van der Waals surface area (Å²) >= 11 is 0. The highest BCUT2D eigenvalue weighted by molar-refractivity contribution is 5.99. The summed E-state index contributed by atoms with van der Waals surface area (Å²) in [6.45, 7) is 0. The molecule has 0 bridgehead atoms. The predicted octanol–water partition coefficient (Wildman–Crippen LogP) is 0.940. The van der Waals surface area contributed by atoms with Crippen LogP contribution in [0.2, 0.25) is 0 Å². The van der Waals surface area contributed by atoms with E-state index in [1.54, 1.807) is 6.07 Å². The molecule has 0 aromatic heterocycles. The number of Topliss-reactive ketones (excluding diaryl/α,β-unsaturated/α-hetero) is 1. The number of rotatable bonds is 3. The Morgan fingerprint density at radius 1 is 1.54 bits per heavy atom. The number of ketones is 1. The van der Waals surface area contributed by atoms with Crippen LogP contribution in [0.5, 0.6) is 0 Å². The summed E-state index contributed by atoms with van der Waals surface area (Å²) in [6.07, 6.45) is -1.10. The van der Waals surface area contributed by atoms with Gasteiger partial charge in [-0.3, -0.25) is 10.5 Å². The molecule has 0 aliphatic heterocycles. The SMILES string of the molecule is COC(N)C(=O)c1ccccc1F. The summed E-state index contributed by atoms with van der Waals surface area (Å²) in [5, 5.41) is 0. The molecule has 0 fully saturated rings. The molecule has 0 saturated carbocycles. The van der Waals surface area contributed by atoms with Crippen molar-refractivity contribution in [3.05, 3.63) is 35.6 Å². The van der Waals surface area contributed by atoms with Gasteiger partial charge in [0.25, 0.3) is 0 Å². The van der Waals surface area contributed by atoms with Crippen molar-refractivity contribution in [2.75, 3.05) is 7.11 Å². The van der Waals surface area contributed by atoms with Crippen LogP contribution in [0.4, 0.5) is 4.39 Å². The lowest BCUT2D eigenvalue weighted by Gasteiger charge is -2.08. The van der Waals surface area contributed by atoms with E-state index < -0.39 is 17.8 Å². The Hall–Kier alpha value is -1.26. The van der Waals surface area contributed by atoms with Crippen molar-refractivity contribution in [2.24, 2.45) is 5.73 Å². The fraction of sp³-hybridized carbons (Fsp3) is 0.222. The van der Waals surface area contributed by atoms with Gasteiger partial charge in [-0.05, 0) is 12.1 Å². The van der Waals surface area contributed by atoms with Gasteiger partial charge in [0, 0.05) is 7.11 Å². The van der Waals surface area contributed by atoms with Crippen LogP contribution in [-0.2, 0) is 4.74 Å². The maximum absolute atomic E-state index is 13.0. The first kappa shape index (κ1) is 9.83. The maximum atomic E-state index is 13.0. The van der Waals surface area contributed by atoms with Gasteiger partial charge in [-0.15, -0.1) is 0 Å². The average molecular weight is 183 g/mol. The second kappa shape index (κ2) is 4.11. The van der Waals surface area contributed by atoms with Crippen molar-refractivity contribution in [1.29, 1.82) is 0 Å². The van der Waals surface area contributed by atoms with E-state index in [1.165, 1.54) is 25.3 Å². The first-order valence-electron chi connectivity index (χ1n) is 3.74. The van der Waals surface area contributed by atoms with Gasteiger partial charge >= 0.3 is 0 Å². The van der Waals surface area contributed by atoms with Crippen LogP contribution in [-0.4, -0.2) is 19.1 Å². The van der Waals surface area contributed by atoms with Crippen LogP contribution in [0.25, 0.3) is 0 Å². The lowest BCUT2D eigenvalue weighted by Crippen LogP contribution is -2.32. The van der Waals surface area contributed by atoms with Crippen molar-refractivity contribution in [2.45, 2.75) is 6.23 Å². The fourth-order valence-corrected chi connectivity index (χ4v) is 0.921. The molecule has 1 unspecified atom stereocenters. The molecule has 3 nitrogen and oxygen atoms in total. The summed E-state index contributed by atoms with van der Waals surface area (Å²) in [7, 11) is 1.30. The Bertz CT molecular complexity index is 314. The van der Waals surface area contributed by atoms with Crippen molar-refractivity contribution in [3.8, 4) is 0 Å². The maximum Gasteiger partial charge on any atom is 0.209 e. The van der Waals surface area contributed by atoms with Crippen LogP contribution in [0.15, 0.2) is 24.3 Å². The molecule has 0 spiro atoms. The lowest BCUT2D eigenvalue weighted by atomic mass is 10.1. The smallest absolute Gasteiger partial charge is 0.209 e. The first-order valence-corrected chi connectivity index (χ1v) is 3.74. The van der Waals surface area contributed by atoms with E-state index in [1.807, 2.05) is 0 Å². The summed E-state index contributed by atoms with van der Waals surface area (Å²) in [5.41, 5.74) is 5.23. The van der Waals surface area contributed by atoms with Gasteiger partial charge in [0.15, 0.2) is 6.23 Å². The molecule has 0 aliphatic carbocycles. The predicted molar refractivity (Wildman–Crippen MR) is 45.7 cm³/mol. The van der Waals surface area contributed by atoms with E-state index in [0.29, 0.717) is 0 Å². The summed E-state index contributed by atoms with van der Waals surface area (Å²) in [5.74, 6) is -1.14. The molecule has 1 aromatic carbocycles. The molecular formula is C9H10FNO2. The first-order chi connectivity index (χ1) is 6.16. The van der Waals surface area contributed by atoms with E-state index in [0.717, 1.165) is 0 Å². The number of nitrogens with two attached hydrogens (primary N) is 1. The number of hydrogen-bond acceptors (Lipinski definition) is 3. The number of hydrogen-bond donors (Lipinski definition) is 1. The molecule has 0 aliphatic rings. The topological polar surface area (TPSA) is 52.3 Å². The van der Waals surface area contributed by atoms with E-state index in [9.17, 15) is 9.18 Å². The van der Waals surface area contributed by atoms with Crippen LogP contribution >= 0.6 is 0 Å². The third-order valence-electron chi connectivity index (χ3n) is 1.65. The van der Waals surface area contributed by atoms with Gasteiger partial charge in [-0.1, -0.05) is 12.1 Å². The highest BCUT2D eigenvalue weighted by Gasteiger charge is 2.17. The molecule has 4 heteroatoms. The van der Waals surface area contributed by atoms with Crippen molar-refractivity contribution >= 4 is 5.78 Å². The minimum atomic E-state index is -1.10. The zero-order valence-electron chi connectivity index (χ0n) is 7.16. The van der Waals surface area contributed by atoms with E-state index in [-0.39, 0.29) is 5.56 Å². The monoisotopic (exact) mass is 183 g/mol. The van der Waals surface area contributed by atoms with Crippen molar-refractivity contribution in [1.82, 2.24) is 0 Å². The molecular weight excluding hydrogens is 173 g/mol. The molecule has 0 radical (unpaired) electrons. The second-order valence-corrected chi connectivity index (χ2v) is 2.50. The highest BCUT2D eigenvalue weighted by atomic mass is 19.1. The quantitative estimate of drug-likeness (QED) is 0.560. The summed E-state index contributed by atoms with van der Waals surface area (Å²) in [6, 6.07) is 5.65. The average Bonchev–Trinajstić information content (AvgIpc) is 2.16. The largest absolute Gasteiger partial charge is 0.359 e. The number of benzene rings is 1. The Morgan fingerprint density at radius 2 is 2.15 bits per heavy atom. The van der Waals surface area contributed by atoms with Crippen molar-refractivity contribution in [3.63, 3.8) is 0 Å². The molecule has 0 heterocycles. The molecule has 0 amide bonds. The lowest BCUT2D eigenvalue weighted by molar-refractivity contribution is 0.0619. The van der Waals surface area contributed by atoms with Gasteiger partial charge in [0.2, 0.25) is 5.78 Å². The standard InChI is InChI=1S/C9H10FNO2/c1-13-9(11)8(12)6-4-2-3-5-7(6)10/h2-5,9H,11H2,1H3. The van der Waals surface area contributed by atoms with Crippen LogP contribution in [0.1, 0.15) is 10.4 Å². The minimum absolute atomic E-state index is 0.0446. The number of carbonyl (C=O) groups is 1. The van der Waals surface area contributed by atoms with Crippen LogP contribution in [0, 0.1) is 5.82 Å². The van der Waals surface area contributed by atoms with Crippen LogP contribution in [0.3, 0.4) is 0 Å². The van der Waals surface area contributed by atoms with E-state index in [2.05, 4.69) is 4.74 Å². The normalized spacial score (nSPS) is 12.5. The zero-order valence-corrected chi connectivity index (χ0v) is 7.16. The molecule has 13 heavy (non-hydrogen) atoms. The Labute approximate surface area is 75.3 Å². The highest BCUT2D eigenvalue weighted by Crippen LogP contribution is 2.08. The Balaban J connectivity index is 2.95.